The van der Waals surface area contributed by atoms with Gasteiger partial charge in [0.15, 0.2) is 0 Å². The molecule has 0 aliphatic heterocycles. The third-order valence-corrected chi connectivity index (χ3v) is 7.16. The predicted molar refractivity (Wildman–Crippen MR) is 78.5 cm³/mol. The molecule has 104 valence electrons. The predicted octanol–water partition coefficient (Wildman–Crippen LogP) is 5.67. The van der Waals surface area contributed by atoms with Crippen LogP contribution in [0, 0.1) is 35.0 Å². The van der Waals surface area contributed by atoms with Gasteiger partial charge in [-0.1, -0.05) is 52.9 Å². The van der Waals surface area contributed by atoms with Crippen molar-refractivity contribution >= 4 is 0 Å². The van der Waals surface area contributed by atoms with Gasteiger partial charge in [0.25, 0.3) is 0 Å². The van der Waals surface area contributed by atoms with E-state index in [0.29, 0.717) is 0 Å². The summed E-state index contributed by atoms with van der Waals surface area (Å²) in [5, 5.41) is 0. The van der Waals surface area contributed by atoms with Gasteiger partial charge in [0.1, 0.15) is 0 Å². The molecule has 0 N–H and O–H groups in total. The number of hydrogen-bond acceptors (Lipinski definition) is 0. The van der Waals surface area contributed by atoms with Gasteiger partial charge in [-0.2, -0.15) is 0 Å². The van der Waals surface area contributed by atoms with Crippen molar-refractivity contribution in [3.05, 3.63) is 0 Å². The van der Waals surface area contributed by atoms with E-state index in [-0.39, 0.29) is 0 Å². The second-order valence-corrected chi connectivity index (χ2v) is 8.09. The minimum atomic E-state index is 0.778. The molecule has 0 nitrogen and oxygen atoms in total. The lowest BCUT2D eigenvalue weighted by Crippen LogP contribution is -2.48. The molecule has 3 aliphatic carbocycles. The molecule has 1 spiro atoms. The second-order valence-electron chi connectivity index (χ2n) is 8.09. The summed E-state index contributed by atoms with van der Waals surface area (Å²) in [6.45, 7) is 7.63. The minimum Gasteiger partial charge on any atom is -0.0625 e. The van der Waals surface area contributed by atoms with E-state index in [2.05, 4.69) is 20.8 Å². The van der Waals surface area contributed by atoms with Crippen molar-refractivity contribution in [2.75, 3.05) is 0 Å². The molecular weight excluding hydrogens is 216 g/mol. The van der Waals surface area contributed by atoms with Crippen molar-refractivity contribution < 1.29 is 0 Å². The van der Waals surface area contributed by atoms with Gasteiger partial charge in [0.2, 0.25) is 0 Å². The smallest absolute Gasteiger partial charge is 0.0236 e. The average Bonchev–Trinajstić information content (AvgIpc) is 2.51. The fourth-order valence-electron chi connectivity index (χ4n) is 6.14. The Hall–Kier alpha value is 0. The van der Waals surface area contributed by atoms with Crippen LogP contribution in [-0.2, 0) is 0 Å². The Morgan fingerprint density at radius 3 is 2.11 bits per heavy atom. The molecule has 3 aliphatic rings. The lowest BCUT2D eigenvalue weighted by Gasteiger charge is -2.57. The molecule has 0 heterocycles. The van der Waals surface area contributed by atoms with Gasteiger partial charge in [0, 0.05) is 0 Å². The summed E-state index contributed by atoms with van der Waals surface area (Å²) in [5.74, 6) is 5.18. The zero-order valence-electron chi connectivity index (χ0n) is 12.8. The molecule has 0 aromatic rings. The van der Waals surface area contributed by atoms with Gasteiger partial charge in [-0.3, -0.25) is 0 Å². The van der Waals surface area contributed by atoms with Crippen molar-refractivity contribution in [2.24, 2.45) is 35.0 Å². The first-order valence-electron chi connectivity index (χ1n) is 8.63. The lowest BCUT2D eigenvalue weighted by atomic mass is 9.48. The molecule has 1 unspecified atom stereocenters. The second kappa shape index (κ2) is 4.84. The molecule has 3 rings (SSSR count). The molecule has 3 saturated carbocycles. The summed E-state index contributed by atoms with van der Waals surface area (Å²) in [5.41, 5.74) is 0.778. The van der Waals surface area contributed by atoms with Crippen LogP contribution in [0.3, 0.4) is 0 Å². The van der Waals surface area contributed by atoms with Crippen molar-refractivity contribution in [3.63, 3.8) is 0 Å². The normalized spacial score (nSPS) is 53.2. The van der Waals surface area contributed by atoms with Crippen LogP contribution >= 0.6 is 0 Å². The first-order chi connectivity index (χ1) is 8.63. The molecule has 3 fully saturated rings. The summed E-state index contributed by atoms with van der Waals surface area (Å²) in [7, 11) is 0. The van der Waals surface area contributed by atoms with Crippen molar-refractivity contribution in [3.8, 4) is 0 Å². The SMILES string of the molecule is CC1CC[C@H]2[C@H](C)CC[C@H]3[C@@H](C)CCC[C@@]23CC1. The largest absolute Gasteiger partial charge is 0.0625 e. The highest BCUT2D eigenvalue weighted by atomic mass is 14.6. The third-order valence-electron chi connectivity index (χ3n) is 7.16. The van der Waals surface area contributed by atoms with Crippen LogP contribution in [0.2, 0.25) is 0 Å². The van der Waals surface area contributed by atoms with Crippen LogP contribution in [0.4, 0.5) is 0 Å². The van der Waals surface area contributed by atoms with Gasteiger partial charge >= 0.3 is 0 Å². The van der Waals surface area contributed by atoms with E-state index in [4.69, 9.17) is 0 Å². The standard InChI is InChI=1S/C18H32/c1-13-6-8-16-15(3)7-9-17-14(2)5-4-11-18(16,17)12-10-13/h13-17H,4-12H2,1-3H3/t13?,14-,15+,16-,17-,18+/m0/s1. The van der Waals surface area contributed by atoms with Gasteiger partial charge in [0.05, 0.1) is 0 Å². The Morgan fingerprint density at radius 1 is 0.667 bits per heavy atom. The maximum atomic E-state index is 2.57. The molecule has 0 radical (unpaired) electrons. The first kappa shape index (κ1) is 13.0. The lowest BCUT2D eigenvalue weighted by molar-refractivity contribution is -0.0750. The molecule has 0 bridgehead atoms. The molecule has 6 atom stereocenters. The van der Waals surface area contributed by atoms with E-state index in [1.165, 1.54) is 32.1 Å². The fraction of sp³-hybridized carbons (Fsp3) is 1.00. The van der Waals surface area contributed by atoms with Crippen LogP contribution < -0.4 is 0 Å². The van der Waals surface area contributed by atoms with Crippen LogP contribution in [0.15, 0.2) is 0 Å². The van der Waals surface area contributed by atoms with E-state index < -0.39 is 0 Å². The van der Waals surface area contributed by atoms with Crippen LogP contribution in [0.1, 0.15) is 78.6 Å². The van der Waals surface area contributed by atoms with E-state index in [1.807, 2.05) is 0 Å². The Morgan fingerprint density at radius 2 is 1.33 bits per heavy atom. The Kier molecular flexibility index (Phi) is 3.49. The highest BCUT2D eigenvalue weighted by molar-refractivity contribution is 5.02. The highest BCUT2D eigenvalue weighted by Gasteiger charge is 2.53. The van der Waals surface area contributed by atoms with Gasteiger partial charge in [-0.05, 0) is 60.7 Å². The van der Waals surface area contributed by atoms with Crippen LogP contribution in [0.5, 0.6) is 0 Å². The molecule has 18 heavy (non-hydrogen) atoms. The van der Waals surface area contributed by atoms with Crippen molar-refractivity contribution in [1.82, 2.24) is 0 Å². The average molecular weight is 248 g/mol. The van der Waals surface area contributed by atoms with E-state index in [1.54, 1.807) is 25.7 Å². The molecule has 0 aromatic carbocycles. The topological polar surface area (TPSA) is 0 Å². The molecule has 0 saturated heterocycles. The minimum absolute atomic E-state index is 0.778. The molecule has 0 aromatic heterocycles. The first-order valence-corrected chi connectivity index (χ1v) is 8.63. The Balaban J connectivity index is 1.93. The van der Waals surface area contributed by atoms with Crippen molar-refractivity contribution in [2.45, 2.75) is 78.6 Å². The zero-order valence-corrected chi connectivity index (χ0v) is 12.8. The van der Waals surface area contributed by atoms with Gasteiger partial charge in [-0.15, -0.1) is 0 Å². The molecule has 0 heteroatoms. The Bertz CT molecular complexity index is 294. The summed E-state index contributed by atoms with van der Waals surface area (Å²) in [4.78, 5) is 0. The number of hydrogen-bond donors (Lipinski definition) is 0. The van der Waals surface area contributed by atoms with Crippen LogP contribution in [0.25, 0.3) is 0 Å². The van der Waals surface area contributed by atoms with E-state index in [9.17, 15) is 0 Å². The fourth-order valence-corrected chi connectivity index (χ4v) is 6.14. The summed E-state index contributed by atoms with van der Waals surface area (Å²) < 4.78 is 0. The van der Waals surface area contributed by atoms with E-state index in [0.717, 1.165) is 35.0 Å². The maximum absolute atomic E-state index is 2.57. The third kappa shape index (κ3) is 1.95. The summed E-state index contributed by atoms with van der Waals surface area (Å²) in [6, 6.07) is 0. The van der Waals surface area contributed by atoms with E-state index >= 15 is 0 Å². The van der Waals surface area contributed by atoms with Gasteiger partial charge in [-0.25, -0.2) is 0 Å². The summed E-state index contributed by atoms with van der Waals surface area (Å²) >= 11 is 0. The molecule has 0 amide bonds. The summed E-state index contributed by atoms with van der Waals surface area (Å²) in [6.07, 6.45) is 13.8. The number of rotatable bonds is 0. The van der Waals surface area contributed by atoms with Gasteiger partial charge < -0.3 is 0 Å². The Labute approximate surface area is 114 Å². The van der Waals surface area contributed by atoms with Crippen molar-refractivity contribution in [1.29, 1.82) is 0 Å². The molecular formula is C18H32. The highest BCUT2D eigenvalue weighted by Crippen LogP contribution is 2.62. The quantitative estimate of drug-likeness (QED) is 0.518. The maximum Gasteiger partial charge on any atom is -0.0236 e. The van der Waals surface area contributed by atoms with Crippen LogP contribution in [-0.4, -0.2) is 0 Å². The zero-order chi connectivity index (χ0) is 12.8. The monoisotopic (exact) mass is 248 g/mol.